The molecule has 0 aliphatic rings. The van der Waals surface area contributed by atoms with Crippen molar-refractivity contribution in [1.29, 1.82) is 0 Å². The van der Waals surface area contributed by atoms with Gasteiger partial charge < -0.3 is 9.73 Å². The molecular weight excluding hydrogens is 400 g/mol. The van der Waals surface area contributed by atoms with Crippen LogP contribution in [0.2, 0.25) is 5.02 Å². The summed E-state index contributed by atoms with van der Waals surface area (Å²) in [5, 5.41) is 3.30. The van der Waals surface area contributed by atoms with Crippen molar-refractivity contribution in [2.45, 2.75) is 24.8 Å². The van der Waals surface area contributed by atoms with Gasteiger partial charge in [-0.05, 0) is 68.4 Å². The van der Waals surface area contributed by atoms with E-state index in [9.17, 15) is 13.2 Å². The number of halogens is 1. The SMILES string of the molecule is Cc1ccc(C(C)NC(=O)c2cccc(S(=O)(=O)Nc3ccc(Cl)cc3)c2)o1. The second-order valence-electron chi connectivity index (χ2n) is 6.28. The fourth-order valence-electron chi connectivity index (χ4n) is 2.57. The van der Waals surface area contributed by atoms with Crippen molar-refractivity contribution in [3.63, 3.8) is 0 Å². The van der Waals surface area contributed by atoms with Gasteiger partial charge in [0.25, 0.3) is 15.9 Å². The fraction of sp³-hybridized carbons (Fsp3) is 0.150. The zero-order chi connectivity index (χ0) is 20.3. The van der Waals surface area contributed by atoms with E-state index in [1.54, 1.807) is 43.3 Å². The van der Waals surface area contributed by atoms with Crippen molar-refractivity contribution >= 4 is 33.2 Å². The molecule has 0 spiro atoms. The summed E-state index contributed by atoms with van der Waals surface area (Å²) in [6, 6.07) is 15.4. The third kappa shape index (κ3) is 4.74. The molecule has 1 amide bonds. The maximum Gasteiger partial charge on any atom is 0.261 e. The van der Waals surface area contributed by atoms with E-state index in [1.165, 1.54) is 18.2 Å². The largest absolute Gasteiger partial charge is 0.464 e. The molecule has 2 N–H and O–H groups in total. The molecule has 28 heavy (non-hydrogen) atoms. The quantitative estimate of drug-likeness (QED) is 0.615. The van der Waals surface area contributed by atoms with E-state index >= 15 is 0 Å². The van der Waals surface area contributed by atoms with Crippen molar-refractivity contribution < 1.29 is 17.6 Å². The van der Waals surface area contributed by atoms with Crippen LogP contribution in [0.5, 0.6) is 0 Å². The molecule has 1 unspecified atom stereocenters. The molecule has 146 valence electrons. The average Bonchev–Trinajstić information content (AvgIpc) is 3.10. The van der Waals surface area contributed by atoms with E-state index in [0.717, 1.165) is 5.76 Å². The summed E-state index contributed by atoms with van der Waals surface area (Å²) in [5.41, 5.74) is 0.607. The lowest BCUT2D eigenvalue weighted by Gasteiger charge is -2.13. The lowest BCUT2D eigenvalue weighted by Crippen LogP contribution is -2.26. The standard InChI is InChI=1S/C20H19ClN2O4S/c1-13-6-11-19(27-13)14(2)22-20(24)15-4-3-5-18(12-15)28(25,26)23-17-9-7-16(21)8-10-17/h3-12,14,23H,1-2H3,(H,22,24). The van der Waals surface area contributed by atoms with Crippen molar-refractivity contribution in [2.24, 2.45) is 0 Å². The van der Waals surface area contributed by atoms with Crippen LogP contribution >= 0.6 is 11.6 Å². The van der Waals surface area contributed by atoms with Gasteiger partial charge in [-0.1, -0.05) is 17.7 Å². The average molecular weight is 419 g/mol. The molecule has 1 aromatic heterocycles. The molecule has 3 rings (SSSR count). The van der Waals surface area contributed by atoms with Crippen LogP contribution in [0.25, 0.3) is 0 Å². The Morgan fingerprint density at radius 2 is 1.79 bits per heavy atom. The number of nitrogens with one attached hydrogen (secondary N) is 2. The Bertz CT molecular complexity index is 1090. The lowest BCUT2D eigenvalue weighted by atomic mass is 10.2. The molecule has 0 aliphatic carbocycles. The topological polar surface area (TPSA) is 88.4 Å². The highest BCUT2D eigenvalue weighted by atomic mass is 35.5. The third-order valence-corrected chi connectivity index (χ3v) is 5.67. The van der Waals surface area contributed by atoms with Gasteiger partial charge in [0.2, 0.25) is 0 Å². The van der Waals surface area contributed by atoms with Gasteiger partial charge in [-0.15, -0.1) is 0 Å². The van der Waals surface area contributed by atoms with Crippen LogP contribution in [0.15, 0.2) is 70.0 Å². The molecule has 0 saturated carbocycles. The van der Waals surface area contributed by atoms with Gasteiger partial charge in [0, 0.05) is 16.3 Å². The first kappa shape index (κ1) is 20.0. The molecule has 0 radical (unpaired) electrons. The second-order valence-corrected chi connectivity index (χ2v) is 8.40. The minimum atomic E-state index is -3.85. The predicted octanol–water partition coefficient (Wildman–Crippen LogP) is 4.53. The van der Waals surface area contributed by atoms with Crippen LogP contribution in [0, 0.1) is 6.92 Å². The number of furan rings is 1. The van der Waals surface area contributed by atoms with Gasteiger partial charge in [-0.3, -0.25) is 9.52 Å². The van der Waals surface area contributed by atoms with E-state index in [-0.39, 0.29) is 16.5 Å². The number of sulfonamides is 1. The zero-order valence-electron chi connectivity index (χ0n) is 15.3. The summed E-state index contributed by atoms with van der Waals surface area (Å²) >= 11 is 5.81. The molecule has 6 nitrogen and oxygen atoms in total. The molecule has 2 aromatic carbocycles. The molecular formula is C20H19ClN2O4S. The first-order valence-electron chi connectivity index (χ1n) is 8.50. The maximum absolute atomic E-state index is 12.6. The summed E-state index contributed by atoms with van der Waals surface area (Å²) in [6.07, 6.45) is 0. The second kappa shape index (κ2) is 8.08. The number of rotatable bonds is 6. The Labute approximate surface area is 168 Å². The zero-order valence-corrected chi connectivity index (χ0v) is 16.8. The predicted molar refractivity (Wildman–Crippen MR) is 108 cm³/mol. The summed E-state index contributed by atoms with van der Waals surface area (Å²) in [6.45, 7) is 3.61. The smallest absolute Gasteiger partial charge is 0.261 e. The Kier molecular flexibility index (Phi) is 5.76. The van der Waals surface area contributed by atoms with Gasteiger partial charge in [0.15, 0.2) is 0 Å². The number of aryl methyl sites for hydroxylation is 1. The van der Waals surface area contributed by atoms with Crippen LogP contribution in [0.1, 0.15) is 34.8 Å². The molecule has 1 heterocycles. The molecule has 0 fully saturated rings. The number of hydrogen-bond donors (Lipinski definition) is 2. The van der Waals surface area contributed by atoms with Crippen LogP contribution in [0.4, 0.5) is 5.69 Å². The van der Waals surface area contributed by atoms with E-state index in [1.807, 2.05) is 13.0 Å². The minimum Gasteiger partial charge on any atom is -0.464 e. The van der Waals surface area contributed by atoms with E-state index in [4.69, 9.17) is 16.0 Å². The highest BCUT2D eigenvalue weighted by Crippen LogP contribution is 2.20. The first-order valence-corrected chi connectivity index (χ1v) is 10.4. The number of carbonyl (C=O) groups is 1. The third-order valence-electron chi connectivity index (χ3n) is 4.04. The number of carbonyl (C=O) groups excluding carboxylic acids is 1. The number of amides is 1. The normalized spacial score (nSPS) is 12.4. The number of benzene rings is 2. The lowest BCUT2D eigenvalue weighted by molar-refractivity contribution is 0.0935. The summed E-state index contributed by atoms with van der Waals surface area (Å²) in [7, 11) is -3.85. The van der Waals surface area contributed by atoms with Crippen molar-refractivity contribution in [1.82, 2.24) is 5.32 Å². The van der Waals surface area contributed by atoms with E-state index in [2.05, 4.69) is 10.0 Å². The van der Waals surface area contributed by atoms with Gasteiger partial charge in [0.1, 0.15) is 11.5 Å². The van der Waals surface area contributed by atoms with Crippen molar-refractivity contribution in [3.8, 4) is 0 Å². The summed E-state index contributed by atoms with van der Waals surface area (Å²) < 4.78 is 33.2. The van der Waals surface area contributed by atoms with E-state index < -0.39 is 15.9 Å². The van der Waals surface area contributed by atoms with Crippen LogP contribution in [0.3, 0.4) is 0 Å². The molecule has 1 atom stereocenters. The minimum absolute atomic E-state index is 0.0170. The van der Waals surface area contributed by atoms with Gasteiger partial charge in [0.05, 0.1) is 10.9 Å². The van der Waals surface area contributed by atoms with Crippen molar-refractivity contribution in [2.75, 3.05) is 4.72 Å². The van der Waals surface area contributed by atoms with Gasteiger partial charge in [-0.2, -0.15) is 0 Å². The number of anilines is 1. The van der Waals surface area contributed by atoms with Gasteiger partial charge in [-0.25, -0.2) is 8.42 Å². The maximum atomic E-state index is 12.6. The van der Waals surface area contributed by atoms with Crippen molar-refractivity contribution in [3.05, 3.63) is 82.8 Å². The summed E-state index contributed by atoms with van der Waals surface area (Å²) in [5.74, 6) is 0.974. The van der Waals surface area contributed by atoms with Crippen LogP contribution in [-0.4, -0.2) is 14.3 Å². The Morgan fingerprint density at radius 3 is 2.43 bits per heavy atom. The van der Waals surface area contributed by atoms with Gasteiger partial charge >= 0.3 is 0 Å². The van der Waals surface area contributed by atoms with Crippen LogP contribution in [-0.2, 0) is 10.0 Å². The fourth-order valence-corrected chi connectivity index (χ4v) is 3.80. The monoisotopic (exact) mass is 418 g/mol. The van der Waals surface area contributed by atoms with Crippen LogP contribution < -0.4 is 10.0 Å². The molecule has 0 aliphatic heterocycles. The first-order chi connectivity index (χ1) is 13.2. The molecule has 0 bridgehead atoms. The molecule has 3 aromatic rings. The number of hydrogen-bond acceptors (Lipinski definition) is 4. The highest BCUT2D eigenvalue weighted by molar-refractivity contribution is 7.92. The molecule has 8 heteroatoms. The summed E-state index contributed by atoms with van der Waals surface area (Å²) in [4.78, 5) is 12.5. The Balaban J connectivity index is 1.77. The molecule has 0 saturated heterocycles. The Morgan fingerprint density at radius 1 is 1.07 bits per heavy atom. The highest BCUT2D eigenvalue weighted by Gasteiger charge is 2.18. The Hall–Kier alpha value is -2.77. The van der Waals surface area contributed by atoms with E-state index in [0.29, 0.717) is 16.5 Å².